The van der Waals surface area contributed by atoms with Crippen molar-refractivity contribution >= 4 is 11.7 Å². The van der Waals surface area contributed by atoms with Gasteiger partial charge in [0, 0.05) is 6.20 Å². The summed E-state index contributed by atoms with van der Waals surface area (Å²) in [6.45, 7) is 0.199. The van der Waals surface area contributed by atoms with Crippen molar-refractivity contribution in [1.29, 1.82) is 0 Å². The fourth-order valence-corrected chi connectivity index (χ4v) is 1.92. The Hall–Kier alpha value is -3.00. The van der Waals surface area contributed by atoms with Crippen LogP contribution in [-0.4, -0.2) is 34.6 Å². The number of hydrogen-bond acceptors (Lipinski definition) is 5. The quantitative estimate of drug-likeness (QED) is 0.596. The maximum atomic E-state index is 11.7. The van der Waals surface area contributed by atoms with Crippen molar-refractivity contribution < 1.29 is 13.9 Å². The highest BCUT2D eigenvalue weighted by atomic mass is 16.3. The second-order valence-electron chi connectivity index (χ2n) is 4.50. The predicted molar refractivity (Wildman–Crippen MR) is 78.2 cm³/mol. The van der Waals surface area contributed by atoms with Gasteiger partial charge in [-0.25, -0.2) is 5.10 Å². The van der Waals surface area contributed by atoms with Crippen LogP contribution in [0.25, 0.3) is 17.4 Å². The van der Waals surface area contributed by atoms with E-state index < -0.39 is 0 Å². The molecule has 8 heteroatoms. The molecule has 8 nitrogen and oxygen atoms in total. The average molecular weight is 299 g/mol. The van der Waals surface area contributed by atoms with Crippen LogP contribution in [0.4, 0.5) is 5.82 Å². The van der Waals surface area contributed by atoms with Gasteiger partial charge < -0.3 is 15.1 Å². The first-order valence-electron chi connectivity index (χ1n) is 6.69. The molecule has 0 fully saturated rings. The number of likely N-dealkylation sites (N-methyl/N-ethyl adjacent to an activating group) is 1. The molecular weight excluding hydrogens is 284 g/mol. The summed E-state index contributed by atoms with van der Waals surface area (Å²) in [4.78, 5) is 20.5. The zero-order valence-corrected chi connectivity index (χ0v) is 11.9. The van der Waals surface area contributed by atoms with E-state index >= 15 is 0 Å². The standard InChI is InChI=1S/C14H14N6O2/c1-15-9-13(21)17-11-8-12(20-6-3-5-16-20)19-14(18-11)10-4-2-7-22-10/h2-8,15H,9H2,1H3,(H,17,18,19,21)/p+1. The Morgan fingerprint density at radius 2 is 2.32 bits per heavy atom. The lowest BCUT2D eigenvalue weighted by molar-refractivity contribution is -0.658. The molecule has 0 aromatic carbocycles. The van der Waals surface area contributed by atoms with Crippen LogP contribution in [0.1, 0.15) is 0 Å². The molecule has 0 unspecified atom stereocenters. The molecule has 3 aromatic rings. The van der Waals surface area contributed by atoms with E-state index in [9.17, 15) is 4.79 Å². The monoisotopic (exact) mass is 299 g/mol. The summed E-state index contributed by atoms with van der Waals surface area (Å²) >= 11 is 0. The number of carbonyl (C=O) groups excluding carboxylic acids is 1. The number of aromatic nitrogens is 4. The van der Waals surface area contributed by atoms with Gasteiger partial charge in [0.15, 0.2) is 5.76 Å². The first-order valence-corrected chi connectivity index (χ1v) is 6.69. The molecule has 3 aromatic heterocycles. The van der Waals surface area contributed by atoms with Gasteiger partial charge in [-0.05, 0) is 30.2 Å². The average Bonchev–Trinajstić information content (AvgIpc) is 3.21. The zero-order valence-electron chi connectivity index (χ0n) is 11.9. The van der Waals surface area contributed by atoms with E-state index in [4.69, 9.17) is 4.42 Å². The fourth-order valence-electron chi connectivity index (χ4n) is 1.92. The van der Waals surface area contributed by atoms with E-state index in [1.165, 1.54) is 0 Å². The number of aromatic amines is 1. The van der Waals surface area contributed by atoms with Crippen molar-refractivity contribution in [1.82, 2.24) is 20.4 Å². The Labute approximate surface area is 126 Å². The van der Waals surface area contributed by atoms with Crippen LogP contribution in [0.3, 0.4) is 0 Å². The van der Waals surface area contributed by atoms with E-state index in [0.29, 0.717) is 23.2 Å². The number of hydrogen-bond donors (Lipinski definition) is 3. The summed E-state index contributed by atoms with van der Waals surface area (Å²) in [6, 6.07) is 7.04. The number of anilines is 1. The molecule has 0 aliphatic carbocycles. The van der Waals surface area contributed by atoms with E-state index in [0.717, 1.165) is 0 Å². The molecule has 112 valence electrons. The van der Waals surface area contributed by atoms with Crippen LogP contribution in [-0.2, 0) is 4.79 Å². The number of rotatable bonds is 5. The topological polar surface area (TPSA) is 99.7 Å². The fraction of sp³-hybridized carbons (Fsp3) is 0.143. The van der Waals surface area contributed by atoms with E-state index in [-0.39, 0.29) is 12.5 Å². The van der Waals surface area contributed by atoms with Crippen LogP contribution >= 0.6 is 0 Å². The summed E-state index contributed by atoms with van der Waals surface area (Å²) in [5.41, 5.74) is 0. The highest BCUT2D eigenvalue weighted by Crippen LogP contribution is 2.18. The second kappa shape index (κ2) is 6.19. The highest BCUT2D eigenvalue weighted by molar-refractivity contribution is 5.91. The Kier molecular flexibility index (Phi) is 3.92. The molecule has 0 saturated heterocycles. The lowest BCUT2D eigenvalue weighted by Gasteiger charge is -2.03. The number of amides is 1. The molecule has 0 radical (unpaired) electrons. The molecule has 0 atom stereocenters. The van der Waals surface area contributed by atoms with Crippen molar-refractivity contribution in [2.45, 2.75) is 0 Å². The number of H-pyrrole nitrogens is 1. The normalized spacial score (nSPS) is 10.6. The Bertz CT molecular complexity index is 699. The lowest BCUT2D eigenvalue weighted by atomic mass is 10.4. The van der Waals surface area contributed by atoms with Gasteiger partial charge in [-0.15, -0.1) is 4.68 Å². The molecule has 0 aliphatic rings. The van der Waals surface area contributed by atoms with Crippen molar-refractivity contribution in [3.63, 3.8) is 0 Å². The van der Waals surface area contributed by atoms with Gasteiger partial charge in [-0.2, -0.15) is 4.98 Å². The van der Waals surface area contributed by atoms with Gasteiger partial charge in [0.05, 0.1) is 18.9 Å². The summed E-state index contributed by atoms with van der Waals surface area (Å²) in [5, 5.41) is 8.52. The molecule has 3 N–H and O–H groups in total. The molecule has 1 amide bonds. The lowest BCUT2D eigenvalue weighted by Crippen LogP contribution is -2.33. The van der Waals surface area contributed by atoms with Crippen LogP contribution < -0.4 is 15.3 Å². The number of nitrogens with one attached hydrogen (secondary N) is 3. The number of carbonyl (C=O) groups is 1. The summed E-state index contributed by atoms with van der Waals surface area (Å²) in [5.74, 6) is 1.72. The van der Waals surface area contributed by atoms with Gasteiger partial charge in [-0.3, -0.25) is 4.79 Å². The smallest absolute Gasteiger partial charge is 0.352 e. The molecule has 22 heavy (non-hydrogen) atoms. The molecule has 3 rings (SSSR count). The van der Waals surface area contributed by atoms with Crippen molar-refractivity contribution in [3.8, 4) is 17.4 Å². The molecular formula is C14H15N6O2+. The largest absolute Gasteiger partial charge is 0.459 e. The maximum Gasteiger partial charge on any atom is 0.352 e. The van der Waals surface area contributed by atoms with E-state index in [1.54, 1.807) is 42.4 Å². The van der Waals surface area contributed by atoms with Crippen molar-refractivity contribution in [3.05, 3.63) is 42.9 Å². The maximum absolute atomic E-state index is 11.7. The predicted octanol–water partition coefficient (Wildman–Crippen LogP) is 0.499. The van der Waals surface area contributed by atoms with Crippen molar-refractivity contribution in [2.24, 2.45) is 0 Å². The SMILES string of the molecule is CNCC(=O)Nc1cc(-[n+]2ccc[nH]2)nc(-c2ccco2)n1. The van der Waals surface area contributed by atoms with Gasteiger partial charge in [0.25, 0.3) is 0 Å². The van der Waals surface area contributed by atoms with E-state index in [2.05, 4.69) is 25.7 Å². The summed E-state index contributed by atoms with van der Waals surface area (Å²) < 4.78 is 7.04. The summed E-state index contributed by atoms with van der Waals surface area (Å²) in [7, 11) is 1.70. The zero-order chi connectivity index (χ0) is 15.4. The van der Waals surface area contributed by atoms with Gasteiger partial charge >= 0.3 is 11.6 Å². The minimum atomic E-state index is -0.186. The third-order valence-electron chi connectivity index (χ3n) is 2.85. The van der Waals surface area contributed by atoms with Crippen molar-refractivity contribution in [2.75, 3.05) is 18.9 Å². The molecule has 0 aliphatic heterocycles. The van der Waals surface area contributed by atoms with Crippen LogP contribution in [0.2, 0.25) is 0 Å². The highest BCUT2D eigenvalue weighted by Gasteiger charge is 2.19. The van der Waals surface area contributed by atoms with Crippen LogP contribution in [0.5, 0.6) is 0 Å². The Morgan fingerprint density at radius 1 is 1.41 bits per heavy atom. The van der Waals surface area contributed by atoms with Gasteiger partial charge in [0.1, 0.15) is 12.0 Å². The number of nitrogens with zero attached hydrogens (tertiary/aromatic N) is 3. The van der Waals surface area contributed by atoms with E-state index in [1.807, 2.05) is 12.3 Å². The molecule has 0 spiro atoms. The minimum absolute atomic E-state index is 0.186. The molecule has 0 bridgehead atoms. The molecule has 0 saturated carbocycles. The third-order valence-corrected chi connectivity index (χ3v) is 2.85. The minimum Gasteiger partial charge on any atom is -0.459 e. The van der Waals surface area contributed by atoms with Crippen LogP contribution in [0, 0.1) is 0 Å². The van der Waals surface area contributed by atoms with Crippen LogP contribution in [0.15, 0.2) is 47.3 Å². The van der Waals surface area contributed by atoms with Gasteiger partial charge in [-0.1, -0.05) is 0 Å². The number of furan rings is 1. The van der Waals surface area contributed by atoms with Gasteiger partial charge in [0.2, 0.25) is 5.91 Å². The Morgan fingerprint density at radius 3 is 3.00 bits per heavy atom. The first-order chi connectivity index (χ1) is 10.8. The third kappa shape index (κ3) is 3.01. The summed E-state index contributed by atoms with van der Waals surface area (Å²) in [6.07, 6.45) is 5.13. The second-order valence-corrected chi connectivity index (χ2v) is 4.50. The Balaban J connectivity index is 2.00. The molecule has 3 heterocycles. The first kappa shape index (κ1) is 14.0.